The Morgan fingerprint density at radius 2 is 2.50 bits per heavy atom. The fourth-order valence-electron chi connectivity index (χ4n) is 0.682. The Balaban J connectivity index is 2.71. The quantitative estimate of drug-likeness (QED) is 0.504. The molecular formula is C6H9BN2O3. The summed E-state index contributed by atoms with van der Waals surface area (Å²) in [5.74, 6) is -0.0145. The number of ketones is 1. The molecule has 0 saturated carbocycles. The summed E-state index contributed by atoms with van der Waals surface area (Å²) in [6.07, 6.45) is 1.31. The minimum atomic E-state index is -0.747. The molecule has 12 heavy (non-hydrogen) atoms. The molecule has 0 fully saturated rings. The van der Waals surface area contributed by atoms with Gasteiger partial charge in [-0.1, -0.05) is 0 Å². The second kappa shape index (κ2) is 3.40. The smallest absolute Gasteiger partial charge is 0.410 e. The number of Topliss-reactive ketones (excluding diaryl/α,β-unsaturated/α-hetero) is 1. The lowest BCUT2D eigenvalue weighted by Gasteiger charge is -1.97. The molecule has 0 aliphatic carbocycles. The molecule has 1 rings (SSSR count). The summed E-state index contributed by atoms with van der Waals surface area (Å²) < 4.78 is 4.92. The van der Waals surface area contributed by atoms with Crippen LogP contribution in [0.5, 0.6) is 0 Å². The van der Waals surface area contributed by atoms with Crippen molar-refractivity contribution in [2.24, 2.45) is 0 Å². The number of hydrogen-bond acceptors (Lipinski definition) is 5. The topological polar surface area (TPSA) is 75.4 Å². The SMILES string of the molecule is CB(O)Nc1ncc(C(C)=O)o1. The Kier molecular flexibility index (Phi) is 2.49. The van der Waals surface area contributed by atoms with Gasteiger partial charge < -0.3 is 14.7 Å². The van der Waals surface area contributed by atoms with Gasteiger partial charge in [0.25, 0.3) is 6.01 Å². The van der Waals surface area contributed by atoms with Gasteiger partial charge >= 0.3 is 7.05 Å². The van der Waals surface area contributed by atoms with E-state index in [0.29, 0.717) is 0 Å². The van der Waals surface area contributed by atoms with Crippen molar-refractivity contribution in [3.05, 3.63) is 12.0 Å². The van der Waals surface area contributed by atoms with E-state index in [2.05, 4.69) is 10.2 Å². The summed E-state index contributed by atoms with van der Waals surface area (Å²) in [6, 6.07) is 0.148. The van der Waals surface area contributed by atoms with E-state index in [9.17, 15) is 4.79 Å². The zero-order chi connectivity index (χ0) is 9.14. The first kappa shape index (κ1) is 8.80. The Hall–Kier alpha value is -1.30. The van der Waals surface area contributed by atoms with Crippen molar-refractivity contribution in [1.82, 2.24) is 4.98 Å². The molecule has 0 aliphatic rings. The fraction of sp³-hybridized carbons (Fsp3) is 0.333. The highest BCUT2D eigenvalue weighted by molar-refractivity contribution is 6.52. The monoisotopic (exact) mass is 168 g/mol. The van der Waals surface area contributed by atoms with Gasteiger partial charge in [0.05, 0.1) is 6.20 Å². The largest absolute Gasteiger partial charge is 0.433 e. The fourth-order valence-corrected chi connectivity index (χ4v) is 0.682. The highest BCUT2D eigenvalue weighted by Crippen LogP contribution is 2.08. The second-order valence-corrected chi connectivity index (χ2v) is 2.41. The molecule has 0 spiro atoms. The molecule has 1 heterocycles. The Morgan fingerprint density at radius 1 is 1.83 bits per heavy atom. The lowest BCUT2D eigenvalue weighted by Crippen LogP contribution is -2.19. The molecule has 1 aromatic heterocycles. The van der Waals surface area contributed by atoms with Gasteiger partial charge in [0.1, 0.15) is 0 Å². The Labute approximate surface area is 69.9 Å². The standard InChI is InChI=1S/C6H9BN2O3/c1-4(10)5-3-8-6(12-5)9-7(2)11/h3,11H,1-2H3,(H,8,9). The van der Waals surface area contributed by atoms with Gasteiger partial charge in [-0.3, -0.25) is 4.79 Å². The van der Waals surface area contributed by atoms with Crippen molar-refractivity contribution < 1.29 is 14.2 Å². The molecular weight excluding hydrogens is 159 g/mol. The summed E-state index contributed by atoms with van der Waals surface area (Å²) in [7, 11) is -0.747. The molecule has 64 valence electrons. The molecule has 0 radical (unpaired) electrons. The van der Waals surface area contributed by atoms with Gasteiger partial charge in [-0.05, 0) is 6.82 Å². The maximum atomic E-state index is 10.7. The predicted molar refractivity (Wildman–Crippen MR) is 44.0 cm³/mol. The molecule has 0 aliphatic heterocycles. The predicted octanol–water partition coefficient (Wildman–Crippen LogP) is 0.399. The van der Waals surface area contributed by atoms with Gasteiger partial charge in [0.2, 0.25) is 0 Å². The number of hydrogen-bond donors (Lipinski definition) is 2. The normalized spacial score (nSPS) is 9.58. The molecule has 6 heteroatoms. The maximum Gasteiger partial charge on any atom is 0.410 e. The van der Waals surface area contributed by atoms with Crippen LogP contribution in [0.25, 0.3) is 0 Å². The number of nitrogens with one attached hydrogen (secondary N) is 1. The van der Waals surface area contributed by atoms with Crippen LogP contribution in [-0.2, 0) is 0 Å². The molecule has 0 amide bonds. The Morgan fingerprint density at radius 3 is 2.92 bits per heavy atom. The third-order valence-electron chi connectivity index (χ3n) is 1.19. The number of anilines is 1. The van der Waals surface area contributed by atoms with Crippen molar-refractivity contribution in [3.63, 3.8) is 0 Å². The van der Waals surface area contributed by atoms with E-state index in [1.165, 1.54) is 19.9 Å². The number of carbonyl (C=O) groups is 1. The van der Waals surface area contributed by atoms with Crippen molar-refractivity contribution in [2.45, 2.75) is 13.7 Å². The van der Waals surface area contributed by atoms with E-state index in [0.717, 1.165) is 0 Å². The molecule has 0 bridgehead atoms. The number of oxazole rings is 1. The minimum Gasteiger partial charge on any atom is -0.433 e. The van der Waals surface area contributed by atoms with Gasteiger partial charge in [0, 0.05) is 6.92 Å². The molecule has 0 atom stereocenters. The zero-order valence-corrected chi connectivity index (χ0v) is 6.87. The molecule has 0 saturated heterocycles. The average Bonchev–Trinajstić information content (AvgIpc) is 2.34. The van der Waals surface area contributed by atoms with Gasteiger partial charge in [-0.15, -0.1) is 0 Å². The van der Waals surface area contributed by atoms with Crippen LogP contribution in [0, 0.1) is 0 Å². The number of carbonyl (C=O) groups excluding carboxylic acids is 1. The lowest BCUT2D eigenvalue weighted by molar-refractivity contribution is 0.0988. The van der Waals surface area contributed by atoms with Crippen LogP contribution in [-0.4, -0.2) is 22.8 Å². The van der Waals surface area contributed by atoms with E-state index in [4.69, 9.17) is 9.44 Å². The molecule has 2 N–H and O–H groups in total. The Bertz CT molecular complexity index is 284. The van der Waals surface area contributed by atoms with Crippen molar-refractivity contribution >= 4 is 18.8 Å². The van der Waals surface area contributed by atoms with Crippen LogP contribution >= 0.6 is 0 Å². The van der Waals surface area contributed by atoms with Crippen LogP contribution in [0.15, 0.2) is 10.6 Å². The third kappa shape index (κ3) is 2.10. The van der Waals surface area contributed by atoms with Crippen LogP contribution in [0.2, 0.25) is 6.82 Å². The summed E-state index contributed by atoms with van der Waals surface area (Å²) >= 11 is 0. The maximum absolute atomic E-state index is 10.7. The van der Waals surface area contributed by atoms with E-state index >= 15 is 0 Å². The molecule has 0 unspecified atom stereocenters. The van der Waals surface area contributed by atoms with Crippen LogP contribution in [0.3, 0.4) is 0 Å². The van der Waals surface area contributed by atoms with E-state index < -0.39 is 7.05 Å². The first-order valence-electron chi connectivity index (χ1n) is 3.51. The number of aromatic nitrogens is 1. The zero-order valence-electron chi connectivity index (χ0n) is 6.87. The first-order valence-corrected chi connectivity index (χ1v) is 3.51. The van der Waals surface area contributed by atoms with Gasteiger partial charge in [0.15, 0.2) is 11.5 Å². The van der Waals surface area contributed by atoms with E-state index in [1.54, 1.807) is 0 Å². The highest BCUT2D eigenvalue weighted by atomic mass is 16.4. The van der Waals surface area contributed by atoms with E-state index in [-0.39, 0.29) is 17.6 Å². The van der Waals surface area contributed by atoms with Crippen LogP contribution in [0.1, 0.15) is 17.5 Å². The van der Waals surface area contributed by atoms with Crippen molar-refractivity contribution in [1.29, 1.82) is 0 Å². The summed E-state index contributed by atoms with van der Waals surface area (Å²) in [5, 5.41) is 11.4. The van der Waals surface area contributed by atoms with Crippen LogP contribution < -0.4 is 5.23 Å². The lowest BCUT2D eigenvalue weighted by atomic mass is 9.90. The molecule has 5 nitrogen and oxygen atoms in total. The van der Waals surface area contributed by atoms with Crippen molar-refractivity contribution in [3.8, 4) is 0 Å². The first-order chi connectivity index (χ1) is 5.59. The second-order valence-electron chi connectivity index (χ2n) is 2.41. The van der Waals surface area contributed by atoms with Crippen LogP contribution in [0.4, 0.5) is 6.01 Å². The van der Waals surface area contributed by atoms with Crippen molar-refractivity contribution in [2.75, 3.05) is 5.23 Å². The summed E-state index contributed by atoms with van der Waals surface area (Å²) in [6.45, 7) is 2.91. The minimum absolute atomic E-state index is 0.148. The summed E-state index contributed by atoms with van der Waals surface area (Å²) in [5.41, 5.74) is 0. The third-order valence-corrected chi connectivity index (χ3v) is 1.19. The summed E-state index contributed by atoms with van der Waals surface area (Å²) in [4.78, 5) is 14.4. The molecule has 0 aromatic carbocycles. The number of rotatable bonds is 3. The number of nitrogens with zero attached hydrogens (tertiary/aromatic N) is 1. The average molecular weight is 168 g/mol. The van der Waals surface area contributed by atoms with Gasteiger partial charge in [-0.25, -0.2) is 4.98 Å². The van der Waals surface area contributed by atoms with E-state index in [1.807, 2.05) is 0 Å². The molecule has 1 aromatic rings. The highest BCUT2D eigenvalue weighted by Gasteiger charge is 2.10. The van der Waals surface area contributed by atoms with Gasteiger partial charge in [-0.2, -0.15) is 0 Å².